The number of H-pyrrole nitrogens is 2. The predicted molar refractivity (Wildman–Crippen MR) is 106 cm³/mol. The average molecular weight is 393 g/mol. The van der Waals surface area contributed by atoms with Gasteiger partial charge in [-0.1, -0.05) is 26.0 Å². The third-order valence-electron chi connectivity index (χ3n) is 4.40. The lowest BCUT2D eigenvalue weighted by atomic mass is 9.96. The molecule has 1 atom stereocenters. The number of Topliss-reactive ketones (excluding diaryl/α,β-unsaturated/α-hetero) is 1. The van der Waals surface area contributed by atoms with E-state index >= 15 is 0 Å². The Labute approximate surface area is 165 Å². The van der Waals surface area contributed by atoms with E-state index in [-0.39, 0.29) is 17.1 Å². The molecule has 8 heteroatoms. The maximum absolute atomic E-state index is 12.7. The molecule has 0 saturated carbocycles. The third-order valence-corrected chi connectivity index (χ3v) is 4.40. The molecule has 4 rings (SSSR count). The molecule has 0 aliphatic heterocycles. The van der Waals surface area contributed by atoms with Crippen molar-refractivity contribution in [2.75, 3.05) is 0 Å². The Bertz CT molecular complexity index is 1260. The number of carbonyl (C=O) groups excluding carboxylic acids is 1. The number of aromatic nitrogens is 2. The van der Waals surface area contributed by atoms with Crippen LogP contribution in [-0.4, -0.2) is 15.8 Å². The van der Waals surface area contributed by atoms with Crippen LogP contribution in [0.15, 0.2) is 54.3 Å². The smallest absolute Gasteiger partial charge is 0.408 e. The first-order valence-corrected chi connectivity index (χ1v) is 9.23. The fourth-order valence-corrected chi connectivity index (χ4v) is 3.08. The van der Waals surface area contributed by atoms with Gasteiger partial charge in [0.25, 0.3) is 0 Å². The van der Waals surface area contributed by atoms with Crippen LogP contribution in [0.4, 0.5) is 0 Å². The summed E-state index contributed by atoms with van der Waals surface area (Å²) in [4.78, 5) is 40.3. The number of aromatic amines is 2. The molecule has 2 N–H and O–H groups in total. The summed E-state index contributed by atoms with van der Waals surface area (Å²) in [5.41, 5.74) is 1.72. The molecule has 0 amide bonds. The van der Waals surface area contributed by atoms with E-state index in [9.17, 15) is 19.6 Å². The van der Waals surface area contributed by atoms with E-state index in [2.05, 4.69) is 9.97 Å². The molecule has 2 heterocycles. The molecule has 0 radical (unpaired) electrons. The highest BCUT2D eigenvalue weighted by Gasteiger charge is 2.18. The van der Waals surface area contributed by atoms with Crippen LogP contribution in [0.3, 0.4) is 0 Å². The number of allylic oxidation sites excluding steroid dienone is 3. The first-order valence-electron chi connectivity index (χ1n) is 9.23. The van der Waals surface area contributed by atoms with Gasteiger partial charge in [0.1, 0.15) is 6.07 Å². The van der Waals surface area contributed by atoms with Gasteiger partial charge in [-0.25, -0.2) is 9.59 Å². The van der Waals surface area contributed by atoms with Gasteiger partial charge in [0.05, 0.1) is 16.8 Å². The first-order chi connectivity index (χ1) is 14.0. The van der Waals surface area contributed by atoms with Crippen LogP contribution in [0.1, 0.15) is 42.1 Å². The SMILES string of the molecule is CC.N#C/C(=C\C1C=Cc2oc(=O)[nH]c2CC1)C(=O)c1ccc2oc(=O)[nH]c2c1. The van der Waals surface area contributed by atoms with Gasteiger partial charge < -0.3 is 8.83 Å². The van der Waals surface area contributed by atoms with Crippen molar-refractivity contribution >= 4 is 23.0 Å². The summed E-state index contributed by atoms with van der Waals surface area (Å²) < 4.78 is 9.95. The topological polar surface area (TPSA) is 133 Å². The number of ketones is 1. The monoisotopic (exact) mass is 393 g/mol. The number of carbonyl (C=O) groups is 1. The normalized spacial score (nSPS) is 15.8. The van der Waals surface area contributed by atoms with Gasteiger partial charge in [0, 0.05) is 5.56 Å². The molecule has 1 aliphatic carbocycles. The molecule has 0 spiro atoms. The Kier molecular flexibility index (Phi) is 5.79. The summed E-state index contributed by atoms with van der Waals surface area (Å²) >= 11 is 0. The average Bonchev–Trinajstić information content (AvgIpc) is 3.22. The van der Waals surface area contributed by atoms with Crippen molar-refractivity contribution in [2.24, 2.45) is 5.92 Å². The van der Waals surface area contributed by atoms with Crippen molar-refractivity contribution in [1.82, 2.24) is 9.97 Å². The minimum atomic E-state index is -0.607. The molecule has 0 bridgehead atoms. The number of fused-ring (bicyclic) bond motifs is 2. The van der Waals surface area contributed by atoms with Gasteiger partial charge in [-0.05, 0) is 43.0 Å². The summed E-state index contributed by atoms with van der Waals surface area (Å²) in [6.07, 6.45) is 6.24. The first kappa shape index (κ1) is 19.9. The number of hydrogen-bond donors (Lipinski definition) is 2. The Morgan fingerprint density at radius 2 is 1.97 bits per heavy atom. The maximum atomic E-state index is 12.7. The number of aryl methyl sites for hydroxylation is 1. The molecule has 8 nitrogen and oxygen atoms in total. The predicted octanol–water partition coefficient (Wildman–Crippen LogP) is 3.34. The zero-order valence-corrected chi connectivity index (χ0v) is 15.9. The third kappa shape index (κ3) is 4.19. The van der Waals surface area contributed by atoms with Crippen LogP contribution in [0.5, 0.6) is 0 Å². The van der Waals surface area contributed by atoms with E-state index in [0.29, 0.717) is 35.4 Å². The highest BCUT2D eigenvalue weighted by atomic mass is 16.4. The molecular formula is C21H19N3O5. The molecule has 0 fully saturated rings. The highest BCUT2D eigenvalue weighted by molar-refractivity contribution is 6.12. The number of nitriles is 1. The van der Waals surface area contributed by atoms with Gasteiger partial charge in [0.15, 0.2) is 11.3 Å². The lowest BCUT2D eigenvalue weighted by Crippen LogP contribution is -2.05. The van der Waals surface area contributed by atoms with E-state index in [1.165, 1.54) is 18.2 Å². The van der Waals surface area contributed by atoms with Crippen LogP contribution >= 0.6 is 0 Å². The van der Waals surface area contributed by atoms with Crippen LogP contribution in [-0.2, 0) is 6.42 Å². The van der Waals surface area contributed by atoms with E-state index < -0.39 is 17.3 Å². The summed E-state index contributed by atoms with van der Waals surface area (Å²) in [7, 11) is 0. The summed E-state index contributed by atoms with van der Waals surface area (Å²) in [6, 6.07) is 6.45. The Hall–Kier alpha value is -3.86. The maximum Gasteiger partial charge on any atom is 0.417 e. The van der Waals surface area contributed by atoms with Gasteiger partial charge in [-0.15, -0.1) is 0 Å². The molecule has 2 aromatic heterocycles. The number of hydrogen-bond acceptors (Lipinski definition) is 6. The molecule has 1 aliphatic rings. The van der Waals surface area contributed by atoms with Crippen molar-refractivity contribution in [3.63, 3.8) is 0 Å². The second kappa shape index (κ2) is 8.44. The number of oxazole rings is 2. The lowest BCUT2D eigenvalue weighted by Gasteiger charge is -2.06. The minimum Gasteiger partial charge on any atom is -0.408 e. The largest absolute Gasteiger partial charge is 0.417 e. The number of nitrogens with zero attached hydrogens (tertiary/aromatic N) is 1. The van der Waals surface area contributed by atoms with Crippen molar-refractivity contribution in [3.8, 4) is 6.07 Å². The van der Waals surface area contributed by atoms with Crippen molar-refractivity contribution < 1.29 is 13.6 Å². The number of rotatable bonds is 3. The van der Waals surface area contributed by atoms with Crippen molar-refractivity contribution in [3.05, 3.63) is 74.0 Å². The molecule has 1 aromatic carbocycles. The molecule has 148 valence electrons. The lowest BCUT2D eigenvalue weighted by molar-refractivity contribution is 0.103. The van der Waals surface area contributed by atoms with Gasteiger partial charge in [-0.2, -0.15) is 5.26 Å². The zero-order valence-electron chi connectivity index (χ0n) is 15.9. The van der Waals surface area contributed by atoms with Crippen LogP contribution in [0, 0.1) is 17.2 Å². The summed E-state index contributed by atoms with van der Waals surface area (Å²) in [5, 5.41) is 9.44. The van der Waals surface area contributed by atoms with Crippen LogP contribution in [0.25, 0.3) is 17.2 Å². The fraction of sp³-hybridized carbons (Fsp3) is 0.238. The number of benzene rings is 1. The highest BCUT2D eigenvalue weighted by Crippen LogP contribution is 2.23. The quantitative estimate of drug-likeness (QED) is 0.398. The van der Waals surface area contributed by atoms with E-state index in [1.807, 2.05) is 19.9 Å². The van der Waals surface area contributed by atoms with Crippen LogP contribution in [0.2, 0.25) is 0 Å². The summed E-state index contributed by atoms with van der Waals surface area (Å²) in [6.45, 7) is 4.00. The molecule has 0 saturated heterocycles. The number of nitrogens with one attached hydrogen (secondary N) is 2. The van der Waals surface area contributed by atoms with Gasteiger partial charge in [0.2, 0.25) is 5.78 Å². The molecular weight excluding hydrogens is 374 g/mol. The van der Waals surface area contributed by atoms with E-state index in [0.717, 1.165) is 0 Å². The fourth-order valence-electron chi connectivity index (χ4n) is 3.08. The second-order valence-corrected chi connectivity index (χ2v) is 6.17. The standard InChI is InChI=1S/C19H13N3O5.C2H6/c20-9-12(7-10-1-4-13-15(5-2-10)26-18(24)21-13)17(23)11-3-6-16-14(8-11)22-19(25)27-16;1-2/h2-3,5-8,10H,1,4H2,(H,21,24)(H,22,25);1-2H3/b12-7+;. The van der Waals surface area contributed by atoms with Gasteiger partial charge >= 0.3 is 11.5 Å². The second-order valence-electron chi connectivity index (χ2n) is 6.17. The Morgan fingerprint density at radius 1 is 1.21 bits per heavy atom. The Balaban J connectivity index is 0.00000117. The minimum absolute atomic E-state index is 0.00172. The van der Waals surface area contributed by atoms with E-state index in [4.69, 9.17) is 8.83 Å². The van der Waals surface area contributed by atoms with E-state index in [1.54, 1.807) is 18.2 Å². The Morgan fingerprint density at radius 3 is 2.72 bits per heavy atom. The molecule has 1 unspecified atom stereocenters. The molecule has 29 heavy (non-hydrogen) atoms. The van der Waals surface area contributed by atoms with Gasteiger partial charge in [-0.3, -0.25) is 14.8 Å². The molecule has 3 aromatic rings. The summed E-state index contributed by atoms with van der Waals surface area (Å²) in [5.74, 6) is -1.24. The van der Waals surface area contributed by atoms with Crippen molar-refractivity contribution in [1.29, 1.82) is 5.26 Å². The zero-order chi connectivity index (χ0) is 21.0. The van der Waals surface area contributed by atoms with Crippen molar-refractivity contribution in [2.45, 2.75) is 26.7 Å². The van der Waals surface area contributed by atoms with Crippen LogP contribution < -0.4 is 11.5 Å².